The number of methoxy groups -OCH3 is 1. The smallest absolute Gasteiger partial charge is 0.243 e. The summed E-state index contributed by atoms with van der Waals surface area (Å²) in [5, 5.41) is 3.34. The van der Waals surface area contributed by atoms with Gasteiger partial charge < -0.3 is 15.0 Å². The Bertz CT molecular complexity index is 1110. The molecule has 2 atom stereocenters. The van der Waals surface area contributed by atoms with Gasteiger partial charge in [-0.25, -0.2) is 8.42 Å². The SMILES string of the molecule is CC[C@@H](C)NC(=O)[C@H](CC)N(Cc1cccc(OC)c1)C(=O)CN(C)S(=O)(=O)c1ccc(Cl)cc1. The van der Waals surface area contributed by atoms with Crippen molar-refractivity contribution in [2.75, 3.05) is 20.7 Å². The van der Waals surface area contributed by atoms with Gasteiger partial charge in [0.2, 0.25) is 21.8 Å². The number of benzene rings is 2. The third kappa shape index (κ3) is 7.68. The second-order valence-corrected chi connectivity index (χ2v) is 10.8. The Kier molecular flexibility index (Phi) is 10.5. The summed E-state index contributed by atoms with van der Waals surface area (Å²) in [6, 6.07) is 12.1. The standard InChI is InChI=1S/C25H34ClN3O5S/c1-6-18(3)27-25(31)23(7-2)29(16-19-9-8-10-21(15-19)34-5)24(30)17-28(4)35(32,33)22-13-11-20(26)12-14-22/h8-15,18,23H,6-7,16-17H2,1-5H3,(H,27,31)/t18-,23+/m1/s1. The van der Waals surface area contributed by atoms with Gasteiger partial charge in [0.1, 0.15) is 11.8 Å². The zero-order valence-electron chi connectivity index (χ0n) is 20.8. The summed E-state index contributed by atoms with van der Waals surface area (Å²) < 4.78 is 32.3. The van der Waals surface area contributed by atoms with E-state index in [-0.39, 0.29) is 23.4 Å². The molecule has 0 spiro atoms. The van der Waals surface area contributed by atoms with Crippen molar-refractivity contribution in [2.24, 2.45) is 0 Å². The molecule has 35 heavy (non-hydrogen) atoms. The highest BCUT2D eigenvalue weighted by atomic mass is 35.5. The van der Waals surface area contributed by atoms with Gasteiger partial charge in [0.15, 0.2) is 0 Å². The van der Waals surface area contributed by atoms with Gasteiger partial charge in [0.25, 0.3) is 0 Å². The molecule has 2 rings (SSSR count). The predicted octanol–water partition coefficient (Wildman–Crippen LogP) is 3.69. The van der Waals surface area contributed by atoms with Crippen LogP contribution in [0.15, 0.2) is 53.4 Å². The minimum Gasteiger partial charge on any atom is -0.497 e. The van der Waals surface area contributed by atoms with E-state index in [0.29, 0.717) is 17.2 Å². The topological polar surface area (TPSA) is 96.0 Å². The first-order valence-electron chi connectivity index (χ1n) is 11.5. The van der Waals surface area contributed by atoms with E-state index in [1.54, 1.807) is 25.3 Å². The van der Waals surface area contributed by atoms with E-state index in [0.717, 1.165) is 16.3 Å². The highest BCUT2D eigenvalue weighted by molar-refractivity contribution is 7.89. The number of amides is 2. The summed E-state index contributed by atoms with van der Waals surface area (Å²) >= 11 is 5.88. The first-order valence-corrected chi connectivity index (χ1v) is 13.3. The van der Waals surface area contributed by atoms with Gasteiger partial charge in [0, 0.05) is 24.7 Å². The van der Waals surface area contributed by atoms with Gasteiger partial charge >= 0.3 is 0 Å². The molecule has 0 aliphatic rings. The molecule has 10 heteroatoms. The monoisotopic (exact) mass is 523 g/mol. The fraction of sp³-hybridized carbons (Fsp3) is 0.440. The van der Waals surface area contributed by atoms with E-state index < -0.39 is 28.5 Å². The second kappa shape index (κ2) is 12.9. The quantitative estimate of drug-likeness (QED) is 0.457. The van der Waals surface area contributed by atoms with E-state index in [1.165, 1.54) is 36.2 Å². The van der Waals surface area contributed by atoms with Crippen LogP contribution >= 0.6 is 11.6 Å². The number of ether oxygens (including phenoxy) is 1. The van der Waals surface area contributed by atoms with Gasteiger partial charge in [-0.2, -0.15) is 4.31 Å². The molecular formula is C25H34ClN3O5S. The van der Waals surface area contributed by atoms with Crippen molar-refractivity contribution in [1.82, 2.24) is 14.5 Å². The molecule has 0 saturated heterocycles. The van der Waals surface area contributed by atoms with Crippen LogP contribution in [-0.2, 0) is 26.2 Å². The molecule has 0 unspecified atom stereocenters. The number of carbonyl (C=O) groups is 2. The van der Waals surface area contributed by atoms with E-state index in [2.05, 4.69) is 5.32 Å². The fourth-order valence-corrected chi connectivity index (χ4v) is 4.73. The van der Waals surface area contributed by atoms with Crippen molar-refractivity contribution in [3.63, 3.8) is 0 Å². The zero-order valence-corrected chi connectivity index (χ0v) is 22.4. The Morgan fingerprint density at radius 3 is 2.31 bits per heavy atom. The zero-order chi connectivity index (χ0) is 26.2. The predicted molar refractivity (Wildman–Crippen MR) is 137 cm³/mol. The third-order valence-electron chi connectivity index (χ3n) is 5.75. The Morgan fingerprint density at radius 2 is 1.74 bits per heavy atom. The van der Waals surface area contributed by atoms with Gasteiger partial charge in [-0.05, 0) is 61.7 Å². The van der Waals surface area contributed by atoms with E-state index in [9.17, 15) is 18.0 Å². The van der Waals surface area contributed by atoms with Crippen LogP contribution in [0.1, 0.15) is 39.2 Å². The Hall–Kier alpha value is -2.62. The van der Waals surface area contributed by atoms with Gasteiger partial charge in [-0.15, -0.1) is 0 Å². The normalized spacial score (nSPS) is 13.2. The summed E-state index contributed by atoms with van der Waals surface area (Å²) in [5.74, 6) is -0.144. The summed E-state index contributed by atoms with van der Waals surface area (Å²) in [7, 11) is -1.05. The van der Waals surface area contributed by atoms with Crippen molar-refractivity contribution in [1.29, 1.82) is 0 Å². The molecule has 2 aromatic rings. The van der Waals surface area contributed by atoms with Crippen LogP contribution in [0.3, 0.4) is 0 Å². The molecule has 192 valence electrons. The van der Waals surface area contributed by atoms with Crippen LogP contribution in [0.5, 0.6) is 5.75 Å². The lowest BCUT2D eigenvalue weighted by Gasteiger charge is -2.32. The van der Waals surface area contributed by atoms with Crippen LogP contribution in [0, 0.1) is 0 Å². The maximum absolute atomic E-state index is 13.5. The number of likely N-dealkylation sites (N-methyl/N-ethyl adjacent to an activating group) is 1. The number of halogens is 1. The average Bonchev–Trinajstić information content (AvgIpc) is 2.84. The van der Waals surface area contributed by atoms with Crippen LogP contribution in [0.25, 0.3) is 0 Å². The molecule has 0 radical (unpaired) electrons. The number of sulfonamides is 1. The summed E-state index contributed by atoms with van der Waals surface area (Å²) in [5.41, 5.74) is 0.760. The molecule has 0 bridgehead atoms. The largest absolute Gasteiger partial charge is 0.497 e. The van der Waals surface area contributed by atoms with Gasteiger partial charge in [-0.1, -0.05) is 37.6 Å². The number of nitrogens with zero attached hydrogens (tertiary/aromatic N) is 2. The van der Waals surface area contributed by atoms with Crippen LogP contribution < -0.4 is 10.1 Å². The van der Waals surface area contributed by atoms with Crippen molar-refractivity contribution >= 4 is 33.4 Å². The molecule has 2 aromatic carbocycles. The maximum atomic E-state index is 13.5. The van der Waals surface area contributed by atoms with Crippen molar-refractivity contribution < 1.29 is 22.7 Å². The number of hydrogen-bond acceptors (Lipinski definition) is 5. The molecule has 2 amide bonds. The Labute approximate surface area is 213 Å². The molecule has 0 aliphatic carbocycles. The van der Waals surface area contributed by atoms with Crippen LogP contribution in [-0.4, -0.2) is 62.2 Å². The van der Waals surface area contributed by atoms with Crippen molar-refractivity contribution in [2.45, 2.75) is 57.1 Å². The summed E-state index contributed by atoms with van der Waals surface area (Å²) in [6.07, 6.45) is 1.11. The summed E-state index contributed by atoms with van der Waals surface area (Å²) in [6.45, 7) is 5.37. The molecule has 0 fully saturated rings. The molecule has 0 heterocycles. The van der Waals surface area contributed by atoms with E-state index in [1.807, 2.05) is 26.8 Å². The second-order valence-electron chi connectivity index (χ2n) is 8.33. The maximum Gasteiger partial charge on any atom is 0.243 e. The lowest BCUT2D eigenvalue weighted by atomic mass is 10.1. The average molecular weight is 524 g/mol. The first-order chi connectivity index (χ1) is 16.5. The minimum atomic E-state index is -3.94. The molecule has 0 aliphatic heterocycles. The van der Waals surface area contributed by atoms with E-state index in [4.69, 9.17) is 16.3 Å². The molecule has 0 aromatic heterocycles. The number of nitrogens with one attached hydrogen (secondary N) is 1. The minimum absolute atomic E-state index is 0.0260. The Balaban J connectivity index is 2.35. The third-order valence-corrected chi connectivity index (χ3v) is 7.82. The van der Waals surface area contributed by atoms with E-state index >= 15 is 0 Å². The fourth-order valence-electron chi connectivity index (χ4n) is 3.48. The highest BCUT2D eigenvalue weighted by Crippen LogP contribution is 2.20. The Morgan fingerprint density at radius 1 is 1.09 bits per heavy atom. The number of hydrogen-bond donors (Lipinski definition) is 1. The lowest BCUT2D eigenvalue weighted by molar-refractivity contribution is -0.141. The van der Waals surface area contributed by atoms with Gasteiger partial charge in [0.05, 0.1) is 18.6 Å². The summed E-state index contributed by atoms with van der Waals surface area (Å²) in [4.78, 5) is 28.0. The van der Waals surface area contributed by atoms with Gasteiger partial charge in [-0.3, -0.25) is 9.59 Å². The molecular weight excluding hydrogens is 490 g/mol. The molecule has 1 N–H and O–H groups in total. The van der Waals surface area contributed by atoms with Crippen molar-refractivity contribution in [3.05, 3.63) is 59.1 Å². The molecule has 8 nitrogen and oxygen atoms in total. The molecule has 0 saturated carbocycles. The van der Waals surface area contributed by atoms with Crippen LogP contribution in [0.4, 0.5) is 0 Å². The lowest BCUT2D eigenvalue weighted by Crippen LogP contribution is -2.53. The first kappa shape index (κ1) is 28.6. The van der Waals surface area contributed by atoms with Crippen LogP contribution in [0.2, 0.25) is 5.02 Å². The number of rotatable bonds is 12. The van der Waals surface area contributed by atoms with Crippen molar-refractivity contribution in [3.8, 4) is 5.75 Å². The highest BCUT2D eigenvalue weighted by Gasteiger charge is 2.32. The number of carbonyl (C=O) groups excluding carboxylic acids is 2.